The zero-order chi connectivity index (χ0) is 16.1. The number of hydrazone groups is 1. The zero-order valence-electron chi connectivity index (χ0n) is 12.1. The summed E-state index contributed by atoms with van der Waals surface area (Å²) in [6.45, 7) is 0. The molecule has 6 heteroatoms. The summed E-state index contributed by atoms with van der Waals surface area (Å²) < 4.78 is 1.89. The molecule has 0 spiro atoms. The van der Waals surface area contributed by atoms with Crippen LogP contribution in [0.25, 0.3) is 5.69 Å². The van der Waals surface area contributed by atoms with Gasteiger partial charge in [0, 0.05) is 29.8 Å². The first-order valence-corrected chi connectivity index (χ1v) is 6.94. The minimum Gasteiger partial charge on any atom is -0.508 e. The van der Waals surface area contributed by atoms with Gasteiger partial charge in [-0.1, -0.05) is 0 Å². The van der Waals surface area contributed by atoms with Crippen molar-refractivity contribution in [1.29, 1.82) is 0 Å². The number of pyridine rings is 1. The Morgan fingerprint density at radius 2 is 1.87 bits per heavy atom. The second-order valence-electron chi connectivity index (χ2n) is 4.75. The lowest BCUT2D eigenvalue weighted by Gasteiger charge is -2.06. The summed E-state index contributed by atoms with van der Waals surface area (Å²) in [5.41, 5.74) is 4.65. The standard InChI is InChI=1S/C17H14N4O2/c22-16-5-3-14(4-6-16)21-11-1-2-15(21)12-19-20-17(23)13-7-9-18-10-8-13/h1-12,22H,(H,20,23)/b19-12+. The van der Waals surface area contributed by atoms with Gasteiger partial charge in [-0.25, -0.2) is 5.43 Å². The molecule has 0 aliphatic rings. The molecule has 3 aromatic rings. The Labute approximate surface area is 132 Å². The van der Waals surface area contributed by atoms with Crippen LogP contribution in [0.2, 0.25) is 0 Å². The van der Waals surface area contributed by atoms with E-state index < -0.39 is 0 Å². The van der Waals surface area contributed by atoms with Crippen LogP contribution >= 0.6 is 0 Å². The Morgan fingerprint density at radius 1 is 1.13 bits per heavy atom. The van der Waals surface area contributed by atoms with Gasteiger partial charge in [0.05, 0.1) is 11.9 Å². The first-order valence-electron chi connectivity index (χ1n) is 6.94. The fourth-order valence-corrected chi connectivity index (χ4v) is 2.07. The summed E-state index contributed by atoms with van der Waals surface area (Å²) >= 11 is 0. The second-order valence-corrected chi connectivity index (χ2v) is 4.75. The molecule has 0 aliphatic carbocycles. The molecule has 2 N–H and O–H groups in total. The second kappa shape index (κ2) is 6.57. The highest BCUT2D eigenvalue weighted by Crippen LogP contribution is 2.15. The lowest BCUT2D eigenvalue weighted by atomic mass is 10.3. The largest absolute Gasteiger partial charge is 0.508 e. The monoisotopic (exact) mass is 306 g/mol. The quantitative estimate of drug-likeness (QED) is 0.573. The molecule has 0 saturated carbocycles. The first kappa shape index (κ1) is 14.5. The van der Waals surface area contributed by atoms with Gasteiger partial charge in [-0.2, -0.15) is 5.10 Å². The van der Waals surface area contributed by atoms with Crippen molar-refractivity contribution in [1.82, 2.24) is 15.0 Å². The Bertz CT molecular complexity index is 823. The van der Waals surface area contributed by atoms with Crippen LogP contribution < -0.4 is 5.43 Å². The van der Waals surface area contributed by atoms with Gasteiger partial charge in [0.15, 0.2) is 0 Å². The summed E-state index contributed by atoms with van der Waals surface area (Å²) in [6, 6.07) is 13.8. The molecule has 1 aromatic carbocycles. The van der Waals surface area contributed by atoms with Crippen molar-refractivity contribution in [2.24, 2.45) is 5.10 Å². The highest BCUT2D eigenvalue weighted by atomic mass is 16.3. The summed E-state index contributed by atoms with van der Waals surface area (Å²) in [4.78, 5) is 15.7. The number of amides is 1. The van der Waals surface area contributed by atoms with Gasteiger partial charge < -0.3 is 9.67 Å². The molecule has 0 atom stereocenters. The fourth-order valence-electron chi connectivity index (χ4n) is 2.07. The molecule has 0 unspecified atom stereocenters. The van der Waals surface area contributed by atoms with Crippen LogP contribution in [-0.2, 0) is 0 Å². The minimum absolute atomic E-state index is 0.209. The molecule has 0 aliphatic heterocycles. The van der Waals surface area contributed by atoms with E-state index in [0.717, 1.165) is 11.4 Å². The molecule has 3 rings (SSSR count). The number of carbonyl (C=O) groups is 1. The van der Waals surface area contributed by atoms with Crippen molar-refractivity contribution in [2.45, 2.75) is 0 Å². The molecule has 2 heterocycles. The molecule has 23 heavy (non-hydrogen) atoms. The van der Waals surface area contributed by atoms with Crippen molar-refractivity contribution in [2.75, 3.05) is 0 Å². The number of nitrogens with one attached hydrogen (secondary N) is 1. The van der Waals surface area contributed by atoms with Crippen LogP contribution in [0.3, 0.4) is 0 Å². The number of carbonyl (C=O) groups excluding carboxylic acids is 1. The molecule has 114 valence electrons. The van der Waals surface area contributed by atoms with E-state index in [2.05, 4.69) is 15.5 Å². The van der Waals surface area contributed by atoms with Gasteiger partial charge in [0.2, 0.25) is 0 Å². The number of aromatic nitrogens is 2. The maximum absolute atomic E-state index is 11.9. The number of rotatable bonds is 4. The van der Waals surface area contributed by atoms with Gasteiger partial charge in [-0.3, -0.25) is 9.78 Å². The number of phenols is 1. The fraction of sp³-hybridized carbons (Fsp3) is 0. The van der Waals surface area contributed by atoms with Crippen LogP contribution in [0.15, 0.2) is 72.2 Å². The SMILES string of the molecule is O=C(N/N=C/c1cccn1-c1ccc(O)cc1)c1ccncc1. The highest BCUT2D eigenvalue weighted by molar-refractivity contribution is 5.94. The Balaban J connectivity index is 1.73. The van der Waals surface area contributed by atoms with Gasteiger partial charge in [-0.05, 0) is 48.5 Å². The minimum atomic E-state index is -0.300. The van der Waals surface area contributed by atoms with Gasteiger partial charge in [0.1, 0.15) is 5.75 Å². The smallest absolute Gasteiger partial charge is 0.271 e. The van der Waals surface area contributed by atoms with E-state index in [1.807, 2.05) is 22.9 Å². The van der Waals surface area contributed by atoms with Gasteiger partial charge >= 0.3 is 0 Å². The van der Waals surface area contributed by atoms with E-state index in [1.165, 1.54) is 0 Å². The normalized spacial score (nSPS) is 10.8. The number of hydrogen-bond acceptors (Lipinski definition) is 4. The van der Waals surface area contributed by atoms with Crippen molar-refractivity contribution in [3.05, 3.63) is 78.4 Å². The topological polar surface area (TPSA) is 79.5 Å². The Hall–Kier alpha value is -3.41. The molecule has 1 amide bonds. The third-order valence-corrected chi connectivity index (χ3v) is 3.21. The lowest BCUT2D eigenvalue weighted by molar-refractivity contribution is 0.0955. The number of nitrogens with zero attached hydrogens (tertiary/aromatic N) is 3. The Morgan fingerprint density at radius 3 is 2.61 bits per heavy atom. The zero-order valence-corrected chi connectivity index (χ0v) is 12.1. The predicted molar refractivity (Wildman–Crippen MR) is 86.7 cm³/mol. The van der Waals surface area contributed by atoms with Crippen LogP contribution in [0.5, 0.6) is 5.75 Å². The summed E-state index contributed by atoms with van der Waals surface area (Å²) in [5, 5.41) is 13.3. The molecular formula is C17H14N4O2. The van der Waals surface area contributed by atoms with Gasteiger partial charge in [-0.15, -0.1) is 0 Å². The van der Waals surface area contributed by atoms with Crippen LogP contribution in [0.4, 0.5) is 0 Å². The number of phenolic OH excluding ortho intramolecular Hbond substituents is 1. The summed E-state index contributed by atoms with van der Waals surface area (Å²) in [6.07, 6.45) is 6.54. The van der Waals surface area contributed by atoms with Crippen molar-refractivity contribution < 1.29 is 9.90 Å². The maximum atomic E-state index is 11.9. The van der Waals surface area contributed by atoms with Crippen LogP contribution in [-0.4, -0.2) is 26.8 Å². The summed E-state index contributed by atoms with van der Waals surface area (Å²) in [5.74, 6) is -0.0906. The molecular weight excluding hydrogens is 292 g/mol. The van der Waals surface area contributed by atoms with E-state index >= 15 is 0 Å². The average Bonchev–Trinajstić information content (AvgIpc) is 3.05. The first-order chi connectivity index (χ1) is 11.2. The average molecular weight is 306 g/mol. The number of hydrogen-bond donors (Lipinski definition) is 2. The van der Waals surface area contributed by atoms with E-state index in [1.54, 1.807) is 55.0 Å². The predicted octanol–water partition coefficient (Wildman–Crippen LogP) is 2.34. The molecule has 6 nitrogen and oxygen atoms in total. The Kier molecular flexibility index (Phi) is 4.15. The lowest BCUT2D eigenvalue weighted by Crippen LogP contribution is -2.17. The third-order valence-electron chi connectivity index (χ3n) is 3.21. The maximum Gasteiger partial charge on any atom is 0.271 e. The number of aromatic hydroxyl groups is 1. The summed E-state index contributed by atoms with van der Waals surface area (Å²) in [7, 11) is 0. The van der Waals surface area contributed by atoms with Crippen molar-refractivity contribution in [3.8, 4) is 11.4 Å². The third kappa shape index (κ3) is 3.44. The molecule has 0 fully saturated rings. The van der Waals surface area contributed by atoms with E-state index in [-0.39, 0.29) is 11.7 Å². The van der Waals surface area contributed by atoms with Crippen LogP contribution in [0.1, 0.15) is 16.1 Å². The van der Waals surface area contributed by atoms with Crippen molar-refractivity contribution >= 4 is 12.1 Å². The highest BCUT2D eigenvalue weighted by Gasteiger charge is 2.04. The molecule has 0 saturated heterocycles. The van der Waals surface area contributed by atoms with Crippen molar-refractivity contribution in [3.63, 3.8) is 0 Å². The molecule has 2 aromatic heterocycles. The van der Waals surface area contributed by atoms with Crippen LogP contribution in [0, 0.1) is 0 Å². The van der Waals surface area contributed by atoms with Gasteiger partial charge in [0.25, 0.3) is 5.91 Å². The number of benzene rings is 1. The van der Waals surface area contributed by atoms with E-state index in [0.29, 0.717) is 5.56 Å². The molecule has 0 radical (unpaired) electrons. The van der Waals surface area contributed by atoms with E-state index in [4.69, 9.17) is 0 Å². The van der Waals surface area contributed by atoms with E-state index in [9.17, 15) is 9.90 Å². The molecule has 0 bridgehead atoms.